The first-order valence-electron chi connectivity index (χ1n) is 14.7. The Kier molecular flexibility index (Phi) is 6.42. The summed E-state index contributed by atoms with van der Waals surface area (Å²) in [6.07, 6.45) is 2.49. The van der Waals surface area contributed by atoms with Crippen LogP contribution in [0.3, 0.4) is 0 Å². The van der Waals surface area contributed by atoms with E-state index in [9.17, 15) is 17.6 Å². The quantitative estimate of drug-likeness (QED) is 0.246. The molecule has 4 heterocycles. The molecule has 1 saturated carbocycles. The van der Waals surface area contributed by atoms with Gasteiger partial charge in [-0.3, -0.25) is 4.79 Å². The van der Waals surface area contributed by atoms with Crippen LogP contribution in [0.1, 0.15) is 78.4 Å². The Morgan fingerprint density at radius 1 is 1.05 bits per heavy atom. The van der Waals surface area contributed by atoms with E-state index in [2.05, 4.69) is 5.32 Å². The minimum Gasteiger partial charge on any atom is -0.322 e. The fourth-order valence-electron chi connectivity index (χ4n) is 6.20. The van der Waals surface area contributed by atoms with Crippen molar-refractivity contribution in [3.63, 3.8) is 0 Å². The van der Waals surface area contributed by atoms with Crippen LogP contribution < -0.4 is 5.32 Å². The fourth-order valence-corrected chi connectivity index (χ4v) is 7.89. The molecular weight excluding hydrogens is 567 g/mol. The van der Waals surface area contributed by atoms with Gasteiger partial charge >= 0.3 is 0 Å². The molecule has 11 heteroatoms. The van der Waals surface area contributed by atoms with Crippen LogP contribution >= 0.6 is 0 Å². The molecule has 1 atom stereocenters. The van der Waals surface area contributed by atoms with E-state index in [0.717, 1.165) is 29.7 Å². The minimum atomic E-state index is -3.13. The number of rotatable bonds is 6. The number of aryl methyl sites for hydroxylation is 2. The highest BCUT2D eigenvalue weighted by Gasteiger charge is 2.34. The van der Waals surface area contributed by atoms with Gasteiger partial charge in [-0.15, -0.1) is 0 Å². The van der Waals surface area contributed by atoms with Crippen molar-refractivity contribution in [2.24, 2.45) is 0 Å². The number of halogens is 1. The maximum absolute atomic E-state index is 14.1. The highest BCUT2D eigenvalue weighted by molar-refractivity contribution is 7.91. The van der Waals surface area contributed by atoms with Gasteiger partial charge in [0.15, 0.2) is 15.5 Å². The van der Waals surface area contributed by atoms with Crippen molar-refractivity contribution in [3.05, 3.63) is 70.8 Å². The minimum absolute atomic E-state index is 0.0276. The number of carbonyl (C=O) groups is 1. The zero-order chi connectivity index (χ0) is 30.2. The van der Waals surface area contributed by atoms with Crippen molar-refractivity contribution < 1.29 is 17.6 Å². The van der Waals surface area contributed by atoms with Crippen molar-refractivity contribution in [1.29, 1.82) is 0 Å². The smallest absolute Gasteiger partial charge is 0.256 e. The largest absolute Gasteiger partial charge is 0.322 e. The van der Waals surface area contributed by atoms with Gasteiger partial charge in [0.1, 0.15) is 11.6 Å². The molecule has 43 heavy (non-hydrogen) atoms. The molecule has 0 radical (unpaired) electrons. The number of nitrogens with zero attached hydrogens (tertiary/aromatic N) is 5. The summed E-state index contributed by atoms with van der Waals surface area (Å²) in [7, 11) is -3.13. The summed E-state index contributed by atoms with van der Waals surface area (Å²) in [5.41, 5.74) is 6.26. The van der Waals surface area contributed by atoms with Crippen LogP contribution in [-0.4, -0.2) is 50.1 Å². The summed E-state index contributed by atoms with van der Waals surface area (Å²) >= 11 is 0. The third-order valence-corrected chi connectivity index (χ3v) is 10.3. The number of anilines is 1. The van der Waals surface area contributed by atoms with Crippen molar-refractivity contribution in [1.82, 2.24) is 24.3 Å². The van der Waals surface area contributed by atoms with Crippen LogP contribution in [0.25, 0.3) is 33.5 Å². The summed E-state index contributed by atoms with van der Waals surface area (Å²) in [5, 5.41) is 8.48. The molecule has 7 rings (SSSR count). The van der Waals surface area contributed by atoms with E-state index in [1.165, 1.54) is 12.1 Å². The predicted octanol–water partition coefficient (Wildman–Crippen LogP) is 6.27. The van der Waals surface area contributed by atoms with Crippen LogP contribution in [0.15, 0.2) is 42.5 Å². The molecular formula is C32H33FN6O3S. The monoisotopic (exact) mass is 600 g/mol. The second kappa shape index (κ2) is 9.97. The van der Waals surface area contributed by atoms with Gasteiger partial charge in [0.2, 0.25) is 0 Å². The molecule has 222 valence electrons. The first-order valence-corrected chi connectivity index (χ1v) is 16.5. The van der Waals surface area contributed by atoms with Crippen LogP contribution in [0.2, 0.25) is 0 Å². The van der Waals surface area contributed by atoms with E-state index >= 15 is 0 Å². The molecule has 0 spiro atoms. The lowest BCUT2D eigenvalue weighted by Crippen LogP contribution is -2.16. The fraction of sp³-hybridized carbons (Fsp3) is 0.375. The van der Waals surface area contributed by atoms with E-state index in [0.29, 0.717) is 51.3 Å². The number of nitrogens with one attached hydrogen (secondary N) is 1. The van der Waals surface area contributed by atoms with Crippen molar-refractivity contribution in [3.8, 4) is 11.4 Å². The van der Waals surface area contributed by atoms with Crippen LogP contribution in [0, 0.1) is 19.7 Å². The van der Waals surface area contributed by atoms with Crippen molar-refractivity contribution in [2.45, 2.75) is 65.0 Å². The summed E-state index contributed by atoms with van der Waals surface area (Å²) in [6, 6.07) is 12.0. The molecule has 2 fully saturated rings. The Labute approximate surface area is 249 Å². The number of pyridine rings is 1. The molecule has 1 amide bonds. The van der Waals surface area contributed by atoms with E-state index in [-0.39, 0.29) is 41.2 Å². The maximum atomic E-state index is 14.1. The number of amides is 1. The molecule has 2 aliphatic rings. The number of benzene rings is 2. The SMILES string of the molecule is Cc1ccc(-c2nc3ccc(F)cc3n2C(C)C)cc1NC(=O)c1cc(C2CC2)nc2c1c(C)nn2C1CCS(=O)(=O)C1. The molecule has 1 aliphatic heterocycles. The Balaban J connectivity index is 1.30. The second-order valence-electron chi connectivity index (χ2n) is 12.2. The summed E-state index contributed by atoms with van der Waals surface area (Å²) in [5.74, 6) is 0.529. The van der Waals surface area contributed by atoms with Crippen molar-refractivity contribution >= 4 is 43.5 Å². The van der Waals surface area contributed by atoms with E-state index in [4.69, 9.17) is 15.1 Å². The number of imidazole rings is 1. The number of sulfone groups is 1. The first-order chi connectivity index (χ1) is 20.5. The normalized spacial score (nSPS) is 18.2. The number of fused-ring (bicyclic) bond motifs is 2. The lowest BCUT2D eigenvalue weighted by Gasteiger charge is -2.16. The van der Waals surface area contributed by atoms with Crippen molar-refractivity contribution in [2.75, 3.05) is 16.8 Å². The van der Waals surface area contributed by atoms with Gasteiger partial charge in [-0.25, -0.2) is 27.5 Å². The predicted molar refractivity (Wildman–Crippen MR) is 165 cm³/mol. The lowest BCUT2D eigenvalue weighted by atomic mass is 10.1. The first kappa shape index (κ1) is 27.7. The highest BCUT2D eigenvalue weighted by atomic mass is 32.2. The standard InChI is InChI=1S/C32H33FN6O3S/c1-17(2)38-28-14-22(33)9-10-25(28)34-30(38)21-6-5-18(3)26(13-21)36-32(40)24-15-27(20-7-8-20)35-31-29(24)19(4)37-39(31)23-11-12-43(41,42)16-23/h5-6,9-10,13-15,17,20,23H,7-8,11-12,16H2,1-4H3,(H,36,40). The molecule has 1 unspecified atom stereocenters. The molecule has 0 bridgehead atoms. The van der Waals surface area contributed by atoms with Crippen LogP contribution in [0.5, 0.6) is 0 Å². The summed E-state index contributed by atoms with van der Waals surface area (Å²) in [6.45, 7) is 7.83. The Hall–Kier alpha value is -4.12. The van der Waals surface area contributed by atoms with E-state index in [1.807, 2.05) is 56.5 Å². The van der Waals surface area contributed by atoms with Gasteiger partial charge in [0.05, 0.1) is 45.2 Å². The number of aromatic nitrogens is 5. The molecule has 1 N–H and O–H groups in total. The Bertz CT molecular complexity index is 2060. The number of carbonyl (C=O) groups excluding carboxylic acids is 1. The number of hydrogen-bond donors (Lipinski definition) is 1. The average Bonchev–Trinajstić information content (AvgIpc) is 3.54. The van der Waals surface area contributed by atoms with Gasteiger partial charge < -0.3 is 9.88 Å². The molecule has 9 nitrogen and oxygen atoms in total. The summed E-state index contributed by atoms with van der Waals surface area (Å²) in [4.78, 5) is 23.8. The Morgan fingerprint density at radius 3 is 2.53 bits per heavy atom. The van der Waals surface area contributed by atoms with Gasteiger partial charge in [-0.05, 0) is 82.9 Å². The van der Waals surface area contributed by atoms with Gasteiger partial charge in [-0.1, -0.05) is 12.1 Å². The average molecular weight is 601 g/mol. The van der Waals surface area contributed by atoms with Gasteiger partial charge in [0, 0.05) is 28.9 Å². The topological polar surface area (TPSA) is 112 Å². The maximum Gasteiger partial charge on any atom is 0.256 e. The third kappa shape index (κ3) is 4.89. The van der Waals surface area contributed by atoms with Crippen LogP contribution in [0.4, 0.5) is 10.1 Å². The number of hydrogen-bond acceptors (Lipinski definition) is 6. The van der Waals surface area contributed by atoms with Gasteiger partial charge in [-0.2, -0.15) is 5.10 Å². The third-order valence-electron chi connectivity index (χ3n) is 8.56. The summed E-state index contributed by atoms with van der Waals surface area (Å²) < 4.78 is 42.4. The zero-order valence-corrected chi connectivity index (χ0v) is 25.4. The molecule has 1 aliphatic carbocycles. The van der Waals surface area contributed by atoms with E-state index in [1.54, 1.807) is 10.7 Å². The lowest BCUT2D eigenvalue weighted by molar-refractivity contribution is 0.102. The molecule has 3 aromatic heterocycles. The molecule has 1 saturated heterocycles. The highest BCUT2D eigenvalue weighted by Crippen LogP contribution is 2.41. The molecule has 5 aromatic rings. The molecule has 2 aromatic carbocycles. The Morgan fingerprint density at radius 2 is 1.84 bits per heavy atom. The second-order valence-corrected chi connectivity index (χ2v) is 14.4. The van der Waals surface area contributed by atoms with Gasteiger partial charge in [0.25, 0.3) is 5.91 Å². The van der Waals surface area contributed by atoms with E-state index < -0.39 is 9.84 Å². The zero-order valence-electron chi connectivity index (χ0n) is 24.6. The van der Waals surface area contributed by atoms with Crippen LogP contribution in [-0.2, 0) is 9.84 Å².